The lowest BCUT2D eigenvalue weighted by atomic mass is 10.1. The number of aryl methyl sites for hydroxylation is 1. The second-order valence-corrected chi connectivity index (χ2v) is 5.02. The van der Waals surface area contributed by atoms with Gasteiger partial charge in [0.2, 0.25) is 0 Å². The summed E-state index contributed by atoms with van der Waals surface area (Å²) in [5, 5.41) is 13.9. The number of nitrogens with one attached hydrogen (secondary N) is 1. The Balaban J connectivity index is 2.05. The number of hydrogen-bond donors (Lipinski definition) is 2. The molecule has 0 aliphatic carbocycles. The van der Waals surface area contributed by atoms with Crippen molar-refractivity contribution in [2.24, 2.45) is 5.10 Å². The second kappa shape index (κ2) is 6.95. The zero-order valence-electron chi connectivity index (χ0n) is 12.1. The maximum absolute atomic E-state index is 12.0. The first-order valence-corrected chi connectivity index (χ1v) is 6.85. The van der Waals surface area contributed by atoms with Crippen LogP contribution in [0.5, 0.6) is 11.5 Å². The summed E-state index contributed by atoms with van der Waals surface area (Å²) in [6, 6.07) is 9.94. The molecule has 0 radical (unpaired) electrons. The number of phenolic OH excluding ortho intramolecular Hbond substituents is 1. The largest absolute Gasteiger partial charge is 0.504 e. The highest BCUT2D eigenvalue weighted by atomic mass is 35.5. The molecule has 0 heterocycles. The Bertz CT molecular complexity index is 729. The highest BCUT2D eigenvalue weighted by Gasteiger charge is 2.09. The monoisotopic (exact) mass is 318 g/mol. The number of halogens is 1. The molecule has 0 bridgehead atoms. The average Bonchev–Trinajstić information content (AvgIpc) is 2.47. The van der Waals surface area contributed by atoms with E-state index >= 15 is 0 Å². The minimum Gasteiger partial charge on any atom is -0.504 e. The fraction of sp³-hybridized carbons (Fsp3) is 0.125. The van der Waals surface area contributed by atoms with E-state index < -0.39 is 5.91 Å². The fourth-order valence-electron chi connectivity index (χ4n) is 1.82. The number of benzene rings is 2. The van der Waals surface area contributed by atoms with Gasteiger partial charge < -0.3 is 9.84 Å². The molecule has 0 aliphatic heterocycles. The summed E-state index contributed by atoms with van der Waals surface area (Å²) in [5.74, 6) is -0.0361. The summed E-state index contributed by atoms with van der Waals surface area (Å²) in [4.78, 5) is 12.0. The summed E-state index contributed by atoms with van der Waals surface area (Å²) in [6.07, 6.45) is 1.42. The van der Waals surface area contributed by atoms with Crippen LogP contribution in [0.3, 0.4) is 0 Å². The van der Waals surface area contributed by atoms with Crippen LogP contribution >= 0.6 is 11.6 Å². The first-order valence-electron chi connectivity index (χ1n) is 6.48. The Morgan fingerprint density at radius 3 is 2.73 bits per heavy atom. The Morgan fingerprint density at radius 2 is 2.09 bits per heavy atom. The van der Waals surface area contributed by atoms with Gasteiger partial charge in [0.05, 0.1) is 23.9 Å². The molecule has 0 saturated heterocycles. The van der Waals surface area contributed by atoms with Gasteiger partial charge in [0.15, 0.2) is 11.5 Å². The third-order valence-electron chi connectivity index (χ3n) is 2.95. The molecular formula is C16H15ClN2O3. The van der Waals surface area contributed by atoms with Crippen LogP contribution in [0.25, 0.3) is 0 Å². The first-order chi connectivity index (χ1) is 10.5. The van der Waals surface area contributed by atoms with Crippen molar-refractivity contribution in [2.75, 3.05) is 7.11 Å². The predicted molar refractivity (Wildman–Crippen MR) is 85.9 cm³/mol. The molecule has 0 atom stereocenters. The average molecular weight is 319 g/mol. The van der Waals surface area contributed by atoms with E-state index in [0.717, 1.165) is 5.56 Å². The number of aromatic hydroxyl groups is 1. The third-order valence-corrected chi connectivity index (χ3v) is 3.26. The Morgan fingerprint density at radius 1 is 1.32 bits per heavy atom. The minimum absolute atomic E-state index is 0.000597. The molecule has 5 nitrogen and oxygen atoms in total. The molecule has 0 unspecified atom stereocenters. The molecule has 2 rings (SSSR count). The number of ether oxygens (including phenoxy) is 1. The van der Waals surface area contributed by atoms with Crippen LogP contribution < -0.4 is 10.2 Å². The van der Waals surface area contributed by atoms with Crippen LogP contribution in [0, 0.1) is 6.92 Å². The molecule has 2 aromatic carbocycles. The van der Waals surface area contributed by atoms with Gasteiger partial charge in [-0.15, -0.1) is 0 Å². The Labute approximate surface area is 133 Å². The van der Waals surface area contributed by atoms with Crippen LogP contribution in [-0.4, -0.2) is 24.3 Å². The van der Waals surface area contributed by atoms with E-state index in [2.05, 4.69) is 10.5 Å². The third kappa shape index (κ3) is 3.77. The molecule has 0 aromatic heterocycles. The molecule has 0 saturated carbocycles. The zero-order valence-corrected chi connectivity index (χ0v) is 12.9. The van der Waals surface area contributed by atoms with E-state index in [1.165, 1.54) is 19.4 Å². The number of rotatable bonds is 4. The fourth-order valence-corrected chi connectivity index (χ4v) is 2.14. The van der Waals surface area contributed by atoms with Crippen molar-refractivity contribution in [3.8, 4) is 11.5 Å². The SMILES string of the molecule is COc1ccc(/C=N/NC(=O)c2ccc(C)cc2Cl)cc1O. The maximum Gasteiger partial charge on any atom is 0.272 e. The predicted octanol–water partition coefficient (Wildman–Crippen LogP) is 3.13. The van der Waals surface area contributed by atoms with Gasteiger partial charge in [-0.25, -0.2) is 5.43 Å². The molecule has 1 amide bonds. The lowest BCUT2D eigenvalue weighted by molar-refractivity contribution is 0.0955. The van der Waals surface area contributed by atoms with Crippen LogP contribution in [0.4, 0.5) is 0 Å². The van der Waals surface area contributed by atoms with Crippen molar-refractivity contribution < 1.29 is 14.6 Å². The molecule has 0 aliphatic rings. The maximum atomic E-state index is 12.0. The number of nitrogens with zero attached hydrogens (tertiary/aromatic N) is 1. The van der Waals surface area contributed by atoms with Crippen molar-refractivity contribution in [3.05, 3.63) is 58.1 Å². The topological polar surface area (TPSA) is 70.9 Å². The van der Waals surface area contributed by atoms with Gasteiger partial charge in [-0.1, -0.05) is 17.7 Å². The number of carbonyl (C=O) groups excluding carboxylic acids is 1. The highest BCUT2D eigenvalue weighted by molar-refractivity contribution is 6.33. The van der Waals surface area contributed by atoms with Gasteiger partial charge in [-0.2, -0.15) is 5.10 Å². The zero-order chi connectivity index (χ0) is 16.1. The summed E-state index contributed by atoms with van der Waals surface area (Å²) < 4.78 is 4.94. The molecule has 114 valence electrons. The molecule has 2 N–H and O–H groups in total. The van der Waals surface area contributed by atoms with Gasteiger partial charge >= 0.3 is 0 Å². The summed E-state index contributed by atoms with van der Waals surface area (Å²) in [6.45, 7) is 1.89. The summed E-state index contributed by atoms with van der Waals surface area (Å²) in [5.41, 5.74) is 4.33. The normalized spacial score (nSPS) is 10.7. The van der Waals surface area contributed by atoms with Gasteiger partial charge in [-0.05, 0) is 48.4 Å². The Hall–Kier alpha value is -2.53. The van der Waals surface area contributed by atoms with Crippen molar-refractivity contribution in [1.82, 2.24) is 5.43 Å². The molecule has 2 aromatic rings. The van der Waals surface area contributed by atoms with Crippen molar-refractivity contribution in [2.45, 2.75) is 6.92 Å². The summed E-state index contributed by atoms with van der Waals surface area (Å²) >= 11 is 6.01. The minimum atomic E-state index is -0.404. The lowest BCUT2D eigenvalue weighted by Gasteiger charge is -2.04. The molecule has 6 heteroatoms. The smallest absolute Gasteiger partial charge is 0.272 e. The van der Waals surface area contributed by atoms with Crippen molar-refractivity contribution in [3.63, 3.8) is 0 Å². The number of amides is 1. The number of hydrogen-bond acceptors (Lipinski definition) is 4. The van der Waals surface area contributed by atoms with Gasteiger partial charge in [0.25, 0.3) is 5.91 Å². The number of hydrazone groups is 1. The highest BCUT2D eigenvalue weighted by Crippen LogP contribution is 2.25. The second-order valence-electron chi connectivity index (χ2n) is 4.61. The van der Waals surface area contributed by atoms with E-state index in [1.807, 2.05) is 6.92 Å². The van der Waals surface area contributed by atoms with Crippen LogP contribution in [-0.2, 0) is 0 Å². The first kappa shape index (κ1) is 15.9. The van der Waals surface area contributed by atoms with Crippen LogP contribution in [0.15, 0.2) is 41.5 Å². The number of phenols is 1. The van der Waals surface area contributed by atoms with E-state index in [-0.39, 0.29) is 5.75 Å². The lowest BCUT2D eigenvalue weighted by Crippen LogP contribution is -2.18. The van der Waals surface area contributed by atoms with Crippen molar-refractivity contribution in [1.29, 1.82) is 0 Å². The molecule has 0 spiro atoms. The molecule has 0 fully saturated rings. The quantitative estimate of drug-likeness (QED) is 0.672. The Kier molecular flexibility index (Phi) is 5.01. The van der Waals surface area contributed by atoms with Gasteiger partial charge in [0.1, 0.15) is 0 Å². The van der Waals surface area contributed by atoms with Gasteiger partial charge in [-0.3, -0.25) is 4.79 Å². The van der Waals surface area contributed by atoms with Crippen LogP contribution in [0.2, 0.25) is 5.02 Å². The van der Waals surface area contributed by atoms with Crippen molar-refractivity contribution >= 4 is 23.7 Å². The summed E-state index contributed by atoms with van der Waals surface area (Å²) in [7, 11) is 1.47. The standard InChI is InChI=1S/C16H15ClN2O3/c1-10-3-5-12(13(17)7-10)16(21)19-18-9-11-4-6-15(22-2)14(20)8-11/h3-9,20H,1-2H3,(H,19,21)/b18-9+. The number of methoxy groups -OCH3 is 1. The molecule has 22 heavy (non-hydrogen) atoms. The molecular weight excluding hydrogens is 304 g/mol. The van der Waals surface area contributed by atoms with E-state index in [4.69, 9.17) is 16.3 Å². The number of carbonyl (C=O) groups is 1. The van der Waals surface area contributed by atoms with Crippen LogP contribution in [0.1, 0.15) is 21.5 Å². The van der Waals surface area contributed by atoms with E-state index in [0.29, 0.717) is 21.9 Å². The van der Waals surface area contributed by atoms with Gasteiger partial charge in [0, 0.05) is 0 Å². The van der Waals surface area contributed by atoms with E-state index in [9.17, 15) is 9.90 Å². The van der Waals surface area contributed by atoms with E-state index in [1.54, 1.807) is 30.3 Å².